The highest BCUT2D eigenvalue weighted by molar-refractivity contribution is 6.07. The number of amides is 2. The molecule has 0 heterocycles. The molecule has 0 bridgehead atoms. The van der Waals surface area contributed by atoms with Crippen molar-refractivity contribution >= 4 is 11.8 Å². The molecule has 0 aromatic heterocycles. The first kappa shape index (κ1) is 13.5. The van der Waals surface area contributed by atoms with Crippen LogP contribution in [0.15, 0.2) is 24.3 Å². The van der Waals surface area contributed by atoms with Gasteiger partial charge < -0.3 is 11.5 Å². The van der Waals surface area contributed by atoms with Crippen molar-refractivity contribution in [1.29, 1.82) is 0 Å². The second-order valence-corrected chi connectivity index (χ2v) is 5.08. The predicted octanol–water partition coefficient (Wildman–Crippen LogP) is 1.30. The maximum Gasteiger partial charge on any atom is 0.233 e. The highest BCUT2D eigenvalue weighted by Gasteiger charge is 2.65. The van der Waals surface area contributed by atoms with E-state index in [9.17, 15) is 14.0 Å². The zero-order chi connectivity index (χ0) is 14.2. The molecule has 1 aromatic carbocycles. The van der Waals surface area contributed by atoms with Crippen molar-refractivity contribution < 1.29 is 14.0 Å². The van der Waals surface area contributed by atoms with E-state index in [4.69, 9.17) is 11.5 Å². The van der Waals surface area contributed by atoms with Gasteiger partial charge in [0.05, 0.1) is 0 Å². The summed E-state index contributed by atoms with van der Waals surface area (Å²) in [5, 5.41) is 0. The molecule has 4 N–H and O–H groups in total. The molecule has 1 aliphatic rings. The molecule has 5 heteroatoms. The van der Waals surface area contributed by atoms with Gasteiger partial charge in [0.2, 0.25) is 11.8 Å². The molecule has 1 fully saturated rings. The zero-order valence-corrected chi connectivity index (χ0v) is 10.7. The van der Waals surface area contributed by atoms with Gasteiger partial charge in [-0.25, -0.2) is 4.39 Å². The van der Waals surface area contributed by atoms with E-state index in [-0.39, 0.29) is 17.7 Å². The minimum Gasteiger partial charge on any atom is -0.369 e. The maximum absolute atomic E-state index is 12.9. The van der Waals surface area contributed by atoms with Crippen LogP contribution >= 0.6 is 0 Å². The average Bonchev–Trinajstić information content (AvgIpc) is 3.09. The van der Waals surface area contributed by atoms with Crippen molar-refractivity contribution in [2.24, 2.45) is 22.8 Å². The number of primary amides is 2. The van der Waals surface area contributed by atoms with Crippen molar-refractivity contribution in [3.05, 3.63) is 35.6 Å². The first-order valence-corrected chi connectivity index (χ1v) is 6.28. The number of hydrogen-bond acceptors (Lipinski definition) is 2. The van der Waals surface area contributed by atoms with Crippen LogP contribution in [0.4, 0.5) is 4.39 Å². The summed E-state index contributed by atoms with van der Waals surface area (Å²) in [6.45, 7) is 1.96. The molecule has 2 amide bonds. The molecule has 102 valence electrons. The van der Waals surface area contributed by atoms with Gasteiger partial charge in [0.25, 0.3) is 0 Å². The monoisotopic (exact) mass is 264 g/mol. The first-order chi connectivity index (χ1) is 8.93. The van der Waals surface area contributed by atoms with E-state index < -0.39 is 17.2 Å². The van der Waals surface area contributed by atoms with E-state index in [1.54, 1.807) is 12.1 Å². The number of halogens is 1. The molecule has 0 aliphatic heterocycles. The summed E-state index contributed by atoms with van der Waals surface area (Å²) in [4.78, 5) is 23.0. The molecule has 2 unspecified atom stereocenters. The van der Waals surface area contributed by atoms with Crippen molar-refractivity contribution in [3.63, 3.8) is 0 Å². The lowest BCUT2D eigenvalue weighted by Crippen LogP contribution is -2.39. The Bertz CT molecular complexity index is 499. The fourth-order valence-corrected chi connectivity index (χ4v) is 2.92. The van der Waals surface area contributed by atoms with Crippen LogP contribution in [0.25, 0.3) is 0 Å². The Labute approximate surface area is 111 Å². The smallest absolute Gasteiger partial charge is 0.233 e. The van der Waals surface area contributed by atoms with Gasteiger partial charge in [0.15, 0.2) is 0 Å². The number of benzene rings is 1. The largest absolute Gasteiger partial charge is 0.369 e. The summed E-state index contributed by atoms with van der Waals surface area (Å²) in [6, 6.07) is 6.09. The van der Waals surface area contributed by atoms with Crippen LogP contribution in [0.1, 0.15) is 31.2 Å². The van der Waals surface area contributed by atoms with Gasteiger partial charge in [-0.3, -0.25) is 9.59 Å². The van der Waals surface area contributed by atoms with Crippen LogP contribution in [0.5, 0.6) is 0 Å². The Hall–Kier alpha value is -1.91. The standard InChI is InChI=1S/C14H17FN2O2/c1-2-10(8-3-5-9(15)6-4-8)11-7-14(11,12(16)18)13(17)19/h3-6,10-11H,2,7H2,1H3,(H2,16,18)(H2,17,19). The molecule has 0 spiro atoms. The Morgan fingerprint density at radius 2 is 1.84 bits per heavy atom. The molecule has 1 aromatic rings. The second-order valence-electron chi connectivity index (χ2n) is 5.08. The van der Waals surface area contributed by atoms with Gasteiger partial charge in [0.1, 0.15) is 11.2 Å². The van der Waals surface area contributed by atoms with Crippen LogP contribution in [0.3, 0.4) is 0 Å². The Morgan fingerprint density at radius 3 is 2.21 bits per heavy atom. The SMILES string of the molecule is CCC(c1ccc(F)cc1)C1CC1(C(N)=O)C(N)=O. The minimum atomic E-state index is -1.23. The lowest BCUT2D eigenvalue weighted by Gasteiger charge is -2.18. The van der Waals surface area contributed by atoms with E-state index in [1.165, 1.54) is 12.1 Å². The zero-order valence-electron chi connectivity index (χ0n) is 10.7. The van der Waals surface area contributed by atoms with Gasteiger partial charge >= 0.3 is 0 Å². The summed E-state index contributed by atoms with van der Waals surface area (Å²) >= 11 is 0. The van der Waals surface area contributed by atoms with Gasteiger partial charge in [-0.05, 0) is 42.4 Å². The van der Waals surface area contributed by atoms with Gasteiger partial charge in [-0.2, -0.15) is 0 Å². The molecular weight excluding hydrogens is 247 g/mol. The Balaban J connectivity index is 2.28. The number of nitrogens with two attached hydrogens (primary N) is 2. The fraction of sp³-hybridized carbons (Fsp3) is 0.429. The highest BCUT2D eigenvalue weighted by Crippen LogP contribution is 2.59. The molecule has 0 saturated heterocycles. The summed E-state index contributed by atoms with van der Waals surface area (Å²) in [6.07, 6.45) is 1.12. The Kier molecular flexibility index (Phi) is 3.30. The van der Waals surface area contributed by atoms with Gasteiger partial charge in [-0.1, -0.05) is 19.1 Å². The van der Waals surface area contributed by atoms with Crippen LogP contribution < -0.4 is 11.5 Å². The second kappa shape index (κ2) is 4.64. The van der Waals surface area contributed by atoms with Crippen molar-refractivity contribution in [3.8, 4) is 0 Å². The molecule has 2 atom stereocenters. The molecule has 19 heavy (non-hydrogen) atoms. The van der Waals surface area contributed by atoms with E-state index in [2.05, 4.69) is 0 Å². The van der Waals surface area contributed by atoms with E-state index in [0.717, 1.165) is 12.0 Å². The Morgan fingerprint density at radius 1 is 1.32 bits per heavy atom. The molecular formula is C14H17FN2O2. The summed E-state index contributed by atoms with van der Waals surface area (Å²) in [5.74, 6) is -1.83. The van der Waals surface area contributed by atoms with Crippen molar-refractivity contribution in [2.45, 2.75) is 25.7 Å². The van der Waals surface area contributed by atoms with Crippen LogP contribution in [0.2, 0.25) is 0 Å². The third-order valence-corrected chi connectivity index (χ3v) is 4.12. The summed E-state index contributed by atoms with van der Waals surface area (Å²) in [5.41, 5.74) is 10.3. The van der Waals surface area contributed by atoms with E-state index in [1.807, 2.05) is 6.92 Å². The van der Waals surface area contributed by atoms with Crippen molar-refractivity contribution in [2.75, 3.05) is 0 Å². The predicted molar refractivity (Wildman–Crippen MR) is 68.4 cm³/mol. The van der Waals surface area contributed by atoms with Crippen LogP contribution in [-0.4, -0.2) is 11.8 Å². The third kappa shape index (κ3) is 2.09. The minimum absolute atomic E-state index is 0.0133. The molecule has 2 rings (SSSR count). The maximum atomic E-state index is 12.9. The van der Waals surface area contributed by atoms with E-state index >= 15 is 0 Å². The topological polar surface area (TPSA) is 86.2 Å². The third-order valence-electron chi connectivity index (χ3n) is 4.12. The number of rotatable bonds is 5. The number of hydrogen-bond donors (Lipinski definition) is 2. The number of carbonyl (C=O) groups excluding carboxylic acids is 2. The molecule has 1 saturated carbocycles. The quantitative estimate of drug-likeness (QED) is 0.785. The molecule has 0 radical (unpaired) electrons. The van der Waals surface area contributed by atoms with E-state index in [0.29, 0.717) is 6.42 Å². The first-order valence-electron chi connectivity index (χ1n) is 6.28. The van der Waals surface area contributed by atoms with Crippen LogP contribution in [0, 0.1) is 17.2 Å². The lowest BCUT2D eigenvalue weighted by atomic mass is 9.86. The average molecular weight is 264 g/mol. The summed E-state index contributed by atoms with van der Waals surface area (Å²) in [7, 11) is 0. The van der Waals surface area contributed by atoms with Crippen molar-refractivity contribution in [1.82, 2.24) is 0 Å². The number of carbonyl (C=O) groups is 2. The van der Waals surface area contributed by atoms with Gasteiger partial charge in [-0.15, -0.1) is 0 Å². The molecule has 4 nitrogen and oxygen atoms in total. The summed E-state index contributed by atoms with van der Waals surface area (Å²) < 4.78 is 12.9. The molecule has 1 aliphatic carbocycles. The normalized spacial score (nSPS) is 21.7. The highest BCUT2D eigenvalue weighted by atomic mass is 19.1. The van der Waals surface area contributed by atoms with Gasteiger partial charge in [0, 0.05) is 0 Å². The fourth-order valence-electron chi connectivity index (χ4n) is 2.92. The van der Waals surface area contributed by atoms with Crippen LogP contribution in [-0.2, 0) is 9.59 Å². The lowest BCUT2D eigenvalue weighted by molar-refractivity contribution is -0.134.